The van der Waals surface area contributed by atoms with Gasteiger partial charge < -0.3 is 14.0 Å². The number of carbonyl (C=O) groups is 1. The van der Waals surface area contributed by atoms with E-state index in [0.717, 1.165) is 55.7 Å². The summed E-state index contributed by atoms with van der Waals surface area (Å²) in [6.07, 6.45) is 3.71. The average molecular weight is 493 g/mol. The van der Waals surface area contributed by atoms with Crippen LogP contribution < -0.4 is 0 Å². The summed E-state index contributed by atoms with van der Waals surface area (Å²) in [7, 11) is -2.38. The van der Waals surface area contributed by atoms with Crippen molar-refractivity contribution >= 4 is 38.6 Å². The lowest BCUT2D eigenvalue weighted by molar-refractivity contribution is -0.135. The first kappa shape index (κ1) is 24.3. The molecule has 2 aliphatic rings. The highest BCUT2D eigenvalue weighted by Crippen LogP contribution is 2.43. The Morgan fingerprint density at radius 3 is 2.61 bits per heavy atom. The lowest BCUT2D eigenvalue weighted by atomic mass is 9.94. The molecule has 2 atom stereocenters. The molecule has 3 heterocycles. The minimum absolute atomic E-state index is 0.182. The first-order chi connectivity index (χ1) is 15.5. The van der Waals surface area contributed by atoms with Crippen LogP contribution in [0.2, 0.25) is 0 Å². The van der Waals surface area contributed by atoms with Gasteiger partial charge in [0.05, 0.1) is 27.9 Å². The number of hydrogen-bond donors (Lipinski definition) is 0. The van der Waals surface area contributed by atoms with Gasteiger partial charge in [0.1, 0.15) is 10.4 Å². The van der Waals surface area contributed by atoms with Crippen molar-refractivity contribution in [2.45, 2.75) is 62.0 Å². The smallest absolute Gasteiger partial charge is 0.344 e. The third-order valence-electron chi connectivity index (χ3n) is 6.28. The summed E-state index contributed by atoms with van der Waals surface area (Å²) in [5.74, 6) is 0.665. The Morgan fingerprint density at radius 1 is 1.27 bits per heavy atom. The van der Waals surface area contributed by atoms with E-state index < -0.39 is 20.4 Å². The minimum atomic E-state index is -3.68. The lowest BCUT2D eigenvalue weighted by Crippen LogP contribution is -2.25. The number of fused-ring (bicyclic) bond motifs is 1. The molecule has 1 aromatic heterocycles. The highest BCUT2D eigenvalue weighted by Gasteiger charge is 2.39. The van der Waals surface area contributed by atoms with Gasteiger partial charge in [-0.25, -0.2) is 18.2 Å². The molecule has 180 valence electrons. The molecule has 0 saturated carbocycles. The zero-order valence-electron chi connectivity index (χ0n) is 19.8. The van der Waals surface area contributed by atoms with E-state index in [-0.39, 0.29) is 16.2 Å². The Balaban J connectivity index is 1.70. The quantitative estimate of drug-likeness (QED) is 0.575. The number of imidazole rings is 1. The van der Waals surface area contributed by atoms with E-state index in [0.29, 0.717) is 16.3 Å². The molecule has 0 aliphatic carbocycles. The number of sulfone groups is 1. The number of esters is 1. The number of methoxy groups -OCH3 is 1. The van der Waals surface area contributed by atoms with Crippen molar-refractivity contribution < 1.29 is 22.7 Å². The summed E-state index contributed by atoms with van der Waals surface area (Å²) in [5.41, 5.74) is 1.45. The fourth-order valence-electron chi connectivity index (χ4n) is 4.52. The molecule has 0 radical (unpaired) electrons. The van der Waals surface area contributed by atoms with Crippen LogP contribution in [0.1, 0.15) is 46.4 Å². The molecule has 7 nitrogen and oxygen atoms in total. The molecule has 0 spiro atoms. The molecule has 1 aromatic carbocycles. The standard InChI is InChI=1S/C24H32N2O5S2/c1-15-12-20(21(27)30-5)32-22(15)33(28,29)17-6-7-19-18(13-17)25-23(24(2,3)4)26(19)14-16-8-10-31-11-9-16/h6-7,12-13,15-16,22H,8-11,14H2,1-5H3. The van der Waals surface area contributed by atoms with Gasteiger partial charge in [0.25, 0.3) is 0 Å². The summed E-state index contributed by atoms with van der Waals surface area (Å²) in [4.78, 5) is 17.4. The zero-order chi connectivity index (χ0) is 24.0. The molecular formula is C24H32N2O5S2. The van der Waals surface area contributed by atoms with Crippen LogP contribution in [-0.2, 0) is 36.1 Å². The van der Waals surface area contributed by atoms with Crippen molar-refractivity contribution in [2.75, 3.05) is 20.3 Å². The maximum absolute atomic E-state index is 13.5. The Bertz CT molecular complexity index is 1190. The number of hydrogen-bond acceptors (Lipinski definition) is 7. The predicted octanol–water partition coefficient (Wildman–Crippen LogP) is 4.30. The first-order valence-corrected chi connectivity index (χ1v) is 13.7. The first-order valence-electron chi connectivity index (χ1n) is 11.3. The molecule has 0 amide bonds. The van der Waals surface area contributed by atoms with Gasteiger partial charge >= 0.3 is 5.97 Å². The maximum Gasteiger partial charge on any atom is 0.344 e. The Labute approximate surface area is 199 Å². The van der Waals surface area contributed by atoms with E-state index in [4.69, 9.17) is 14.5 Å². The third kappa shape index (κ3) is 4.72. The van der Waals surface area contributed by atoms with E-state index >= 15 is 0 Å². The summed E-state index contributed by atoms with van der Waals surface area (Å²) >= 11 is 1.06. The van der Waals surface area contributed by atoms with Crippen LogP contribution in [-0.4, -0.2) is 48.8 Å². The molecule has 4 rings (SSSR count). The molecule has 9 heteroatoms. The highest BCUT2D eigenvalue weighted by atomic mass is 32.3. The van der Waals surface area contributed by atoms with Crippen molar-refractivity contribution in [2.24, 2.45) is 11.8 Å². The number of aromatic nitrogens is 2. The van der Waals surface area contributed by atoms with E-state index in [1.54, 1.807) is 18.2 Å². The second-order valence-corrected chi connectivity index (χ2v) is 13.5. The predicted molar refractivity (Wildman–Crippen MR) is 130 cm³/mol. The summed E-state index contributed by atoms with van der Waals surface area (Å²) in [6.45, 7) is 10.6. The summed E-state index contributed by atoms with van der Waals surface area (Å²) in [6, 6.07) is 5.24. The SMILES string of the molecule is COC(=O)C1=CC(C)C(S(=O)(=O)c2ccc3c(c2)nc(C(C)(C)C)n3CC2CCOCC2)S1. The van der Waals surface area contributed by atoms with Crippen LogP contribution in [0, 0.1) is 11.8 Å². The number of ether oxygens (including phenoxy) is 2. The molecule has 1 fully saturated rings. The van der Waals surface area contributed by atoms with Crippen molar-refractivity contribution in [3.63, 3.8) is 0 Å². The van der Waals surface area contributed by atoms with Gasteiger partial charge in [0.2, 0.25) is 0 Å². The van der Waals surface area contributed by atoms with Crippen LogP contribution >= 0.6 is 11.8 Å². The number of allylic oxidation sites excluding steroid dienone is 1. The van der Waals surface area contributed by atoms with Gasteiger partial charge in [-0.3, -0.25) is 0 Å². The van der Waals surface area contributed by atoms with E-state index in [9.17, 15) is 13.2 Å². The van der Waals surface area contributed by atoms with E-state index in [2.05, 4.69) is 25.3 Å². The lowest BCUT2D eigenvalue weighted by Gasteiger charge is -2.26. The van der Waals surface area contributed by atoms with Crippen LogP contribution in [0.15, 0.2) is 34.1 Å². The molecule has 1 saturated heterocycles. The van der Waals surface area contributed by atoms with E-state index in [1.807, 2.05) is 13.0 Å². The molecule has 33 heavy (non-hydrogen) atoms. The van der Waals surface area contributed by atoms with Crippen molar-refractivity contribution in [3.8, 4) is 0 Å². The van der Waals surface area contributed by atoms with E-state index in [1.165, 1.54) is 7.11 Å². The van der Waals surface area contributed by atoms with Crippen LogP contribution in [0.25, 0.3) is 11.0 Å². The fourth-order valence-corrected chi connectivity index (χ4v) is 8.13. The van der Waals surface area contributed by atoms with Gasteiger partial charge in [0, 0.05) is 31.1 Å². The molecule has 0 bridgehead atoms. The van der Waals surface area contributed by atoms with Gasteiger partial charge in [0.15, 0.2) is 9.84 Å². The molecule has 2 aliphatic heterocycles. The zero-order valence-corrected chi connectivity index (χ0v) is 21.5. The Hall–Kier alpha value is -1.84. The van der Waals surface area contributed by atoms with Gasteiger partial charge in [-0.2, -0.15) is 0 Å². The fraction of sp³-hybridized carbons (Fsp3) is 0.583. The van der Waals surface area contributed by atoms with Crippen LogP contribution in [0.5, 0.6) is 0 Å². The number of benzene rings is 1. The second kappa shape index (κ2) is 9.07. The average Bonchev–Trinajstić information content (AvgIpc) is 3.35. The van der Waals surface area contributed by atoms with Crippen molar-refractivity contribution in [1.82, 2.24) is 9.55 Å². The third-order valence-corrected chi connectivity index (χ3v) is 10.5. The maximum atomic E-state index is 13.5. The largest absolute Gasteiger partial charge is 0.465 e. The number of carbonyl (C=O) groups excluding carboxylic acids is 1. The molecule has 0 N–H and O–H groups in total. The number of thioether (sulfide) groups is 1. The summed E-state index contributed by atoms with van der Waals surface area (Å²) in [5, 5.41) is 0. The Kier molecular flexibility index (Phi) is 6.68. The molecule has 2 unspecified atom stereocenters. The van der Waals surface area contributed by atoms with Gasteiger partial charge in [-0.05, 0) is 37.0 Å². The summed E-state index contributed by atoms with van der Waals surface area (Å²) < 4.78 is 38.8. The van der Waals surface area contributed by atoms with Crippen LogP contribution in [0.4, 0.5) is 0 Å². The minimum Gasteiger partial charge on any atom is -0.465 e. The second-order valence-electron chi connectivity index (χ2n) is 9.92. The van der Waals surface area contributed by atoms with Crippen molar-refractivity contribution in [3.05, 3.63) is 35.0 Å². The molecular weight excluding hydrogens is 460 g/mol. The monoisotopic (exact) mass is 492 g/mol. The van der Waals surface area contributed by atoms with Crippen LogP contribution in [0.3, 0.4) is 0 Å². The van der Waals surface area contributed by atoms with Crippen molar-refractivity contribution in [1.29, 1.82) is 0 Å². The number of nitrogens with zero attached hydrogens (tertiary/aromatic N) is 2. The van der Waals surface area contributed by atoms with Gasteiger partial charge in [-0.1, -0.05) is 45.5 Å². The highest BCUT2D eigenvalue weighted by molar-refractivity contribution is 8.16. The Morgan fingerprint density at radius 2 is 1.97 bits per heavy atom. The normalized spacial score (nSPS) is 22.5. The number of rotatable bonds is 5. The topological polar surface area (TPSA) is 87.5 Å². The molecule has 2 aromatic rings. The van der Waals surface area contributed by atoms with Gasteiger partial charge in [-0.15, -0.1) is 0 Å².